The molecule has 29 heavy (non-hydrogen) atoms. The summed E-state index contributed by atoms with van der Waals surface area (Å²) in [6, 6.07) is 24.9. The van der Waals surface area contributed by atoms with Crippen LogP contribution in [0.4, 0.5) is 0 Å². The van der Waals surface area contributed by atoms with E-state index in [2.05, 4.69) is 70.8 Å². The average Bonchev–Trinajstić information content (AvgIpc) is 3.22. The summed E-state index contributed by atoms with van der Waals surface area (Å²) in [7, 11) is 0. The molecule has 0 spiro atoms. The van der Waals surface area contributed by atoms with Crippen LogP contribution in [0.25, 0.3) is 27.8 Å². The first-order valence-corrected chi connectivity index (χ1v) is 10.0. The zero-order valence-electron chi connectivity index (χ0n) is 16.8. The van der Waals surface area contributed by atoms with Crippen LogP contribution >= 0.6 is 0 Å². The van der Waals surface area contributed by atoms with E-state index >= 15 is 0 Å². The molecule has 1 heterocycles. The Balaban J connectivity index is 1.82. The molecule has 4 nitrogen and oxygen atoms in total. The van der Waals surface area contributed by atoms with Gasteiger partial charge < -0.3 is 0 Å². The number of hydrogen-bond donors (Lipinski definition) is 0. The molecule has 0 amide bonds. The Morgan fingerprint density at radius 1 is 0.966 bits per heavy atom. The average molecular weight is 380 g/mol. The zero-order valence-corrected chi connectivity index (χ0v) is 16.8. The quantitative estimate of drug-likeness (QED) is 0.449. The fourth-order valence-electron chi connectivity index (χ4n) is 3.71. The highest BCUT2D eigenvalue weighted by Gasteiger charge is 2.13. The zero-order chi connectivity index (χ0) is 20.2. The minimum Gasteiger partial charge on any atom is -0.300 e. The van der Waals surface area contributed by atoms with Crippen molar-refractivity contribution in [3.63, 3.8) is 0 Å². The van der Waals surface area contributed by atoms with Gasteiger partial charge in [0.05, 0.1) is 22.7 Å². The largest absolute Gasteiger partial charge is 0.300 e. The van der Waals surface area contributed by atoms with Crippen LogP contribution in [-0.2, 0) is 6.54 Å². The molecule has 0 atom stereocenters. The van der Waals surface area contributed by atoms with Gasteiger partial charge in [0.1, 0.15) is 6.33 Å². The van der Waals surface area contributed by atoms with E-state index < -0.39 is 0 Å². The predicted octanol–water partition coefficient (Wildman–Crippen LogP) is 5.41. The van der Waals surface area contributed by atoms with E-state index in [1.165, 1.54) is 5.56 Å². The van der Waals surface area contributed by atoms with Crippen molar-refractivity contribution in [2.24, 2.45) is 0 Å². The second-order valence-electron chi connectivity index (χ2n) is 7.11. The summed E-state index contributed by atoms with van der Waals surface area (Å²) in [5.74, 6) is 0. The Labute approximate surface area is 171 Å². The molecule has 0 aliphatic rings. The smallest absolute Gasteiger partial charge is 0.100 e. The van der Waals surface area contributed by atoms with E-state index in [9.17, 15) is 5.26 Å². The summed E-state index contributed by atoms with van der Waals surface area (Å²) in [6.07, 6.45) is 1.83. The molecule has 0 unspecified atom stereocenters. The fourth-order valence-corrected chi connectivity index (χ4v) is 3.71. The van der Waals surface area contributed by atoms with Crippen LogP contribution in [0, 0.1) is 11.3 Å². The first kappa shape index (κ1) is 18.9. The van der Waals surface area contributed by atoms with E-state index in [1.807, 2.05) is 36.7 Å². The third-order valence-electron chi connectivity index (χ3n) is 5.37. The van der Waals surface area contributed by atoms with Gasteiger partial charge in [-0.05, 0) is 48.5 Å². The van der Waals surface area contributed by atoms with Crippen molar-refractivity contribution in [1.82, 2.24) is 14.5 Å². The Morgan fingerprint density at radius 2 is 1.69 bits per heavy atom. The molecule has 0 fully saturated rings. The van der Waals surface area contributed by atoms with Gasteiger partial charge in [0.2, 0.25) is 0 Å². The number of imidazole rings is 1. The number of nitriles is 1. The topological polar surface area (TPSA) is 44.9 Å². The lowest BCUT2D eigenvalue weighted by Crippen LogP contribution is -2.21. The van der Waals surface area contributed by atoms with Crippen molar-refractivity contribution in [3.05, 3.63) is 84.2 Å². The molecule has 0 aliphatic carbocycles. The van der Waals surface area contributed by atoms with Gasteiger partial charge in [0.25, 0.3) is 0 Å². The molecule has 144 valence electrons. The molecule has 4 rings (SSSR count). The van der Waals surface area contributed by atoms with Crippen molar-refractivity contribution in [1.29, 1.82) is 5.26 Å². The lowest BCUT2D eigenvalue weighted by Gasteiger charge is -2.18. The van der Waals surface area contributed by atoms with Gasteiger partial charge in [0, 0.05) is 17.8 Å². The number of para-hydroxylation sites is 1. The van der Waals surface area contributed by atoms with Crippen molar-refractivity contribution in [2.45, 2.75) is 20.4 Å². The van der Waals surface area contributed by atoms with Crippen LogP contribution in [-0.4, -0.2) is 27.5 Å². The summed E-state index contributed by atoms with van der Waals surface area (Å²) in [5.41, 5.74) is 6.93. The highest BCUT2D eigenvalue weighted by atomic mass is 15.1. The lowest BCUT2D eigenvalue weighted by atomic mass is 9.99. The van der Waals surface area contributed by atoms with Gasteiger partial charge in [-0.3, -0.25) is 9.47 Å². The molecule has 1 aromatic heterocycles. The normalized spacial score (nSPS) is 11.1. The summed E-state index contributed by atoms with van der Waals surface area (Å²) < 4.78 is 2.09. The summed E-state index contributed by atoms with van der Waals surface area (Å²) in [4.78, 5) is 6.97. The molecule has 0 saturated carbocycles. The first-order chi connectivity index (χ1) is 14.2. The Bertz CT molecular complexity index is 1150. The maximum atomic E-state index is 9.50. The summed E-state index contributed by atoms with van der Waals surface area (Å²) in [6.45, 7) is 7.40. The maximum absolute atomic E-state index is 9.50. The lowest BCUT2D eigenvalue weighted by molar-refractivity contribution is 0.296. The van der Waals surface area contributed by atoms with E-state index in [0.29, 0.717) is 5.56 Å². The van der Waals surface area contributed by atoms with Crippen LogP contribution in [0.3, 0.4) is 0 Å². The minimum atomic E-state index is 0.623. The highest BCUT2D eigenvalue weighted by molar-refractivity contribution is 5.94. The van der Waals surface area contributed by atoms with E-state index in [4.69, 9.17) is 0 Å². The summed E-state index contributed by atoms with van der Waals surface area (Å²) in [5, 5.41) is 9.50. The molecule has 0 saturated heterocycles. The Kier molecular flexibility index (Phi) is 5.41. The van der Waals surface area contributed by atoms with Crippen LogP contribution in [0.5, 0.6) is 0 Å². The molecule has 0 radical (unpaired) electrons. The van der Waals surface area contributed by atoms with Crippen molar-refractivity contribution >= 4 is 11.0 Å². The van der Waals surface area contributed by atoms with Crippen LogP contribution < -0.4 is 0 Å². The Morgan fingerprint density at radius 3 is 2.34 bits per heavy atom. The summed E-state index contributed by atoms with van der Waals surface area (Å²) >= 11 is 0. The van der Waals surface area contributed by atoms with E-state index in [1.54, 1.807) is 0 Å². The molecular weight excluding hydrogens is 356 g/mol. The van der Waals surface area contributed by atoms with Gasteiger partial charge >= 0.3 is 0 Å². The standard InChI is InChI=1S/C25H24N4/c1-3-28(4-2)17-19-10-12-21(13-11-19)23-14-20(16-26)15-24-25(23)29(18-27-24)22-8-6-5-7-9-22/h5-15,18H,3-4,17H2,1-2H3. The molecular formula is C25H24N4. The first-order valence-electron chi connectivity index (χ1n) is 10.0. The van der Waals surface area contributed by atoms with E-state index in [-0.39, 0.29) is 0 Å². The molecule has 0 N–H and O–H groups in total. The maximum Gasteiger partial charge on any atom is 0.100 e. The number of hydrogen-bond acceptors (Lipinski definition) is 3. The highest BCUT2D eigenvalue weighted by Crippen LogP contribution is 2.32. The third kappa shape index (κ3) is 3.78. The van der Waals surface area contributed by atoms with E-state index in [0.717, 1.165) is 47.5 Å². The number of aromatic nitrogens is 2. The van der Waals surface area contributed by atoms with Gasteiger partial charge in [-0.15, -0.1) is 0 Å². The molecule has 0 bridgehead atoms. The number of benzene rings is 3. The predicted molar refractivity (Wildman–Crippen MR) is 118 cm³/mol. The SMILES string of the molecule is CCN(CC)Cc1ccc(-c2cc(C#N)cc3ncn(-c4ccccc4)c23)cc1. The Hall–Kier alpha value is -3.42. The van der Waals surface area contributed by atoms with Crippen molar-refractivity contribution in [2.75, 3.05) is 13.1 Å². The fraction of sp³-hybridized carbons (Fsp3) is 0.200. The number of rotatable bonds is 6. The molecule has 3 aromatic carbocycles. The number of fused-ring (bicyclic) bond motifs is 1. The monoisotopic (exact) mass is 380 g/mol. The second-order valence-corrected chi connectivity index (χ2v) is 7.11. The van der Waals surface area contributed by atoms with Crippen LogP contribution in [0.1, 0.15) is 25.0 Å². The van der Waals surface area contributed by atoms with Crippen molar-refractivity contribution in [3.8, 4) is 22.9 Å². The minimum absolute atomic E-state index is 0.623. The molecule has 0 aliphatic heterocycles. The van der Waals surface area contributed by atoms with Crippen LogP contribution in [0.2, 0.25) is 0 Å². The van der Waals surface area contributed by atoms with Crippen LogP contribution in [0.15, 0.2) is 73.1 Å². The number of nitrogens with zero attached hydrogens (tertiary/aromatic N) is 4. The second kappa shape index (κ2) is 8.30. The van der Waals surface area contributed by atoms with Gasteiger partial charge in [-0.1, -0.05) is 56.3 Å². The van der Waals surface area contributed by atoms with Gasteiger partial charge in [-0.25, -0.2) is 4.98 Å². The van der Waals surface area contributed by atoms with Gasteiger partial charge in [-0.2, -0.15) is 5.26 Å². The molecule has 4 aromatic rings. The molecule has 4 heteroatoms. The van der Waals surface area contributed by atoms with Gasteiger partial charge in [0.15, 0.2) is 0 Å². The third-order valence-corrected chi connectivity index (χ3v) is 5.37. The van der Waals surface area contributed by atoms with Crippen molar-refractivity contribution < 1.29 is 0 Å².